The lowest BCUT2D eigenvalue weighted by atomic mass is 9.88. The molecule has 0 amide bonds. The van der Waals surface area contributed by atoms with Gasteiger partial charge in [0.25, 0.3) is 0 Å². The number of fused-ring (bicyclic) bond motifs is 1. The van der Waals surface area contributed by atoms with E-state index >= 15 is 0 Å². The Kier molecular flexibility index (Phi) is 3.75. The SMILES string of the molecule is CNC(c1cccc(N)c1)c1ccc2c(c1)CCCC2. The molecule has 1 aliphatic rings. The van der Waals surface area contributed by atoms with E-state index in [1.165, 1.54) is 47.9 Å². The smallest absolute Gasteiger partial charge is 0.0575 e. The van der Waals surface area contributed by atoms with Gasteiger partial charge in [0.1, 0.15) is 0 Å². The van der Waals surface area contributed by atoms with Gasteiger partial charge in [-0.2, -0.15) is 0 Å². The van der Waals surface area contributed by atoms with Crippen LogP contribution in [-0.4, -0.2) is 7.05 Å². The van der Waals surface area contributed by atoms with Crippen LogP contribution in [0.3, 0.4) is 0 Å². The molecule has 0 heterocycles. The van der Waals surface area contributed by atoms with Crippen LogP contribution in [-0.2, 0) is 12.8 Å². The molecule has 0 saturated heterocycles. The molecule has 0 bridgehead atoms. The van der Waals surface area contributed by atoms with E-state index in [4.69, 9.17) is 5.73 Å². The monoisotopic (exact) mass is 266 g/mol. The molecule has 2 aromatic carbocycles. The molecule has 2 nitrogen and oxygen atoms in total. The second kappa shape index (κ2) is 5.68. The normalized spacial score (nSPS) is 15.7. The van der Waals surface area contributed by atoms with Crippen molar-refractivity contribution in [2.24, 2.45) is 0 Å². The molecule has 0 spiro atoms. The number of nitrogen functional groups attached to an aromatic ring is 1. The molecule has 2 aromatic rings. The van der Waals surface area contributed by atoms with Gasteiger partial charge in [0.15, 0.2) is 0 Å². The number of rotatable bonds is 3. The zero-order chi connectivity index (χ0) is 13.9. The van der Waals surface area contributed by atoms with Gasteiger partial charge in [-0.25, -0.2) is 0 Å². The first-order valence-corrected chi connectivity index (χ1v) is 7.42. The third-order valence-corrected chi connectivity index (χ3v) is 4.24. The van der Waals surface area contributed by atoms with Crippen molar-refractivity contribution in [2.75, 3.05) is 12.8 Å². The summed E-state index contributed by atoms with van der Waals surface area (Å²) in [5.74, 6) is 0. The average Bonchev–Trinajstić information content (AvgIpc) is 2.48. The number of hydrogen-bond donors (Lipinski definition) is 2. The standard InChI is InChI=1S/C18H22N2/c1-20-18(15-7-4-8-17(19)12-15)16-10-9-13-5-2-3-6-14(13)11-16/h4,7-12,18,20H,2-3,5-6,19H2,1H3. The highest BCUT2D eigenvalue weighted by atomic mass is 14.9. The summed E-state index contributed by atoms with van der Waals surface area (Å²) >= 11 is 0. The maximum absolute atomic E-state index is 5.91. The van der Waals surface area contributed by atoms with Crippen LogP contribution in [0.15, 0.2) is 42.5 Å². The zero-order valence-electron chi connectivity index (χ0n) is 12.0. The molecule has 0 aromatic heterocycles. The third-order valence-electron chi connectivity index (χ3n) is 4.24. The van der Waals surface area contributed by atoms with E-state index in [0.29, 0.717) is 0 Å². The van der Waals surface area contributed by atoms with Crippen molar-refractivity contribution in [3.05, 3.63) is 64.7 Å². The van der Waals surface area contributed by atoms with Crippen molar-refractivity contribution >= 4 is 5.69 Å². The maximum atomic E-state index is 5.91. The molecule has 20 heavy (non-hydrogen) atoms. The van der Waals surface area contributed by atoms with Gasteiger partial charge in [0, 0.05) is 5.69 Å². The second-order valence-electron chi connectivity index (χ2n) is 5.63. The van der Waals surface area contributed by atoms with Crippen LogP contribution in [0.25, 0.3) is 0 Å². The highest BCUT2D eigenvalue weighted by Gasteiger charge is 2.15. The van der Waals surface area contributed by atoms with Gasteiger partial charge in [-0.05, 0) is 67.1 Å². The van der Waals surface area contributed by atoms with E-state index in [0.717, 1.165) is 5.69 Å². The van der Waals surface area contributed by atoms with Gasteiger partial charge in [-0.1, -0.05) is 30.3 Å². The number of hydrogen-bond acceptors (Lipinski definition) is 2. The molecule has 3 rings (SSSR count). The van der Waals surface area contributed by atoms with Crippen LogP contribution in [0.5, 0.6) is 0 Å². The molecule has 0 aliphatic heterocycles. The molecule has 0 radical (unpaired) electrons. The van der Waals surface area contributed by atoms with Crippen LogP contribution < -0.4 is 11.1 Å². The molecular formula is C18H22N2. The maximum Gasteiger partial charge on any atom is 0.0575 e. The molecule has 1 aliphatic carbocycles. The minimum atomic E-state index is 0.214. The molecule has 0 fully saturated rings. The van der Waals surface area contributed by atoms with Crippen LogP contribution in [0.2, 0.25) is 0 Å². The largest absolute Gasteiger partial charge is 0.399 e. The van der Waals surface area contributed by atoms with E-state index in [-0.39, 0.29) is 6.04 Å². The van der Waals surface area contributed by atoms with Crippen molar-refractivity contribution in [3.63, 3.8) is 0 Å². The summed E-state index contributed by atoms with van der Waals surface area (Å²) in [4.78, 5) is 0. The minimum Gasteiger partial charge on any atom is -0.399 e. The summed E-state index contributed by atoms with van der Waals surface area (Å²) in [5, 5.41) is 3.41. The van der Waals surface area contributed by atoms with E-state index in [9.17, 15) is 0 Å². The fraction of sp³-hybridized carbons (Fsp3) is 0.333. The number of nitrogens with one attached hydrogen (secondary N) is 1. The molecule has 3 N–H and O–H groups in total. The summed E-state index contributed by atoms with van der Waals surface area (Å²) < 4.78 is 0. The molecule has 1 atom stereocenters. The average molecular weight is 266 g/mol. The summed E-state index contributed by atoms with van der Waals surface area (Å²) in [6.45, 7) is 0. The van der Waals surface area contributed by atoms with Gasteiger partial charge < -0.3 is 11.1 Å². The first-order valence-electron chi connectivity index (χ1n) is 7.42. The fourth-order valence-electron chi connectivity index (χ4n) is 3.20. The lowest BCUT2D eigenvalue weighted by Crippen LogP contribution is -2.18. The minimum absolute atomic E-state index is 0.214. The molecule has 1 unspecified atom stereocenters. The third kappa shape index (κ3) is 2.56. The highest BCUT2D eigenvalue weighted by molar-refractivity contribution is 5.45. The Bertz CT molecular complexity index is 604. The molecule has 0 saturated carbocycles. The molecular weight excluding hydrogens is 244 g/mol. The Morgan fingerprint density at radius 2 is 1.70 bits per heavy atom. The van der Waals surface area contributed by atoms with Gasteiger partial charge in [-0.3, -0.25) is 0 Å². The van der Waals surface area contributed by atoms with Crippen LogP contribution in [0, 0.1) is 0 Å². The number of benzene rings is 2. The summed E-state index contributed by atoms with van der Waals surface area (Å²) in [7, 11) is 2.01. The quantitative estimate of drug-likeness (QED) is 0.835. The van der Waals surface area contributed by atoms with Gasteiger partial charge in [-0.15, -0.1) is 0 Å². The zero-order valence-corrected chi connectivity index (χ0v) is 12.0. The van der Waals surface area contributed by atoms with Crippen molar-refractivity contribution in [2.45, 2.75) is 31.7 Å². The Balaban J connectivity index is 1.97. The summed E-state index contributed by atoms with van der Waals surface area (Å²) in [5.41, 5.74) is 12.3. The lowest BCUT2D eigenvalue weighted by Gasteiger charge is -2.22. The van der Waals surface area contributed by atoms with Crippen molar-refractivity contribution < 1.29 is 0 Å². The highest BCUT2D eigenvalue weighted by Crippen LogP contribution is 2.28. The van der Waals surface area contributed by atoms with Gasteiger partial charge in [0.2, 0.25) is 0 Å². The Hall–Kier alpha value is -1.80. The fourth-order valence-corrected chi connectivity index (χ4v) is 3.20. The van der Waals surface area contributed by atoms with E-state index < -0.39 is 0 Å². The van der Waals surface area contributed by atoms with Gasteiger partial charge >= 0.3 is 0 Å². The first kappa shape index (κ1) is 13.2. The summed E-state index contributed by atoms with van der Waals surface area (Å²) in [6.07, 6.45) is 5.10. The predicted octanol–water partition coefficient (Wildman–Crippen LogP) is 3.46. The summed E-state index contributed by atoms with van der Waals surface area (Å²) in [6, 6.07) is 15.3. The van der Waals surface area contributed by atoms with Crippen molar-refractivity contribution in [1.29, 1.82) is 0 Å². The Morgan fingerprint density at radius 3 is 2.45 bits per heavy atom. The number of aryl methyl sites for hydroxylation is 2. The van der Waals surface area contributed by atoms with Crippen LogP contribution in [0.1, 0.15) is 41.1 Å². The van der Waals surface area contributed by atoms with Crippen molar-refractivity contribution in [1.82, 2.24) is 5.32 Å². The van der Waals surface area contributed by atoms with E-state index in [2.05, 4.69) is 35.6 Å². The van der Waals surface area contributed by atoms with E-state index in [1.54, 1.807) is 0 Å². The van der Waals surface area contributed by atoms with Crippen LogP contribution >= 0.6 is 0 Å². The van der Waals surface area contributed by atoms with E-state index in [1.807, 2.05) is 19.2 Å². The second-order valence-corrected chi connectivity index (χ2v) is 5.63. The van der Waals surface area contributed by atoms with Crippen LogP contribution in [0.4, 0.5) is 5.69 Å². The predicted molar refractivity (Wildman–Crippen MR) is 84.8 cm³/mol. The van der Waals surface area contributed by atoms with Crippen molar-refractivity contribution in [3.8, 4) is 0 Å². The Labute approximate surface area is 121 Å². The number of anilines is 1. The number of nitrogens with two attached hydrogens (primary N) is 1. The lowest BCUT2D eigenvalue weighted by molar-refractivity contribution is 0.668. The van der Waals surface area contributed by atoms with Gasteiger partial charge in [0.05, 0.1) is 6.04 Å². The first-order chi connectivity index (χ1) is 9.78. The molecule has 104 valence electrons. The molecule has 2 heteroatoms. The topological polar surface area (TPSA) is 38.0 Å². The Morgan fingerprint density at radius 1 is 0.950 bits per heavy atom.